The van der Waals surface area contributed by atoms with E-state index in [0.717, 1.165) is 70.2 Å². The monoisotopic (exact) mass is 1030 g/mol. The maximum absolute atomic E-state index is 10.9. The van der Waals surface area contributed by atoms with Crippen molar-refractivity contribution in [2.24, 2.45) is 20.5 Å². The number of aryl methyl sites for hydroxylation is 8. The number of hydrogen-bond acceptors (Lipinski definition) is 16. The molecule has 20 heteroatoms. The molecule has 2 aromatic carbocycles. The van der Waals surface area contributed by atoms with Gasteiger partial charge in [0, 0.05) is 34.2 Å². The minimum atomic E-state index is -0.591. The van der Waals surface area contributed by atoms with Crippen molar-refractivity contribution in [1.82, 2.24) is 54.6 Å². The molecule has 0 spiro atoms. The lowest BCUT2D eigenvalue weighted by Crippen LogP contribution is -2.22. The van der Waals surface area contributed by atoms with Crippen LogP contribution in [-0.4, -0.2) is 61.1 Å². The molecule has 2 N–H and O–H groups in total. The largest absolute Gasteiger partial charge is 0.338 e. The van der Waals surface area contributed by atoms with Gasteiger partial charge in [-0.05, 0) is 95.7 Å². The highest BCUT2D eigenvalue weighted by molar-refractivity contribution is 7.16. The molecule has 0 unspecified atom stereocenters. The summed E-state index contributed by atoms with van der Waals surface area (Å²) in [4.78, 5) is 10.9. The predicted molar refractivity (Wildman–Crippen MR) is 296 cm³/mol. The van der Waals surface area contributed by atoms with E-state index in [-0.39, 0.29) is 33.0 Å². The fraction of sp³-hybridized carbons (Fsp3) is 0.436. The van der Waals surface area contributed by atoms with Gasteiger partial charge in [-0.2, -0.15) is 35.2 Å². The van der Waals surface area contributed by atoms with Crippen LogP contribution < -0.4 is 10.2 Å². The summed E-state index contributed by atoms with van der Waals surface area (Å²) in [6, 6.07) is 15.5. The molecule has 0 saturated heterocycles. The van der Waals surface area contributed by atoms with Crippen LogP contribution in [-0.2, 0) is 16.2 Å². The van der Waals surface area contributed by atoms with E-state index in [0.29, 0.717) is 45.7 Å². The molecule has 0 amide bonds. The van der Waals surface area contributed by atoms with Gasteiger partial charge in [0.15, 0.2) is 28.8 Å². The molecule has 19 nitrogen and oxygen atoms in total. The summed E-state index contributed by atoms with van der Waals surface area (Å²) in [7, 11) is 0. The summed E-state index contributed by atoms with van der Waals surface area (Å²) in [5.41, 5.74) is 11.7. The summed E-state index contributed by atoms with van der Waals surface area (Å²) in [5.74, 6) is 2.24. The highest BCUT2D eigenvalue weighted by Crippen LogP contribution is 2.43. The van der Waals surface area contributed by atoms with E-state index >= 15 is 0 Å². The molecule has 0 atom stereocenters. The molecule has 0 aliphatic heterocycles. The van der Waals surface area contributed by atoms with Gasteiger partial charge >= 0.3 is 0 Å². The van der Waals surface area contributed by atoms with Gasteiger partial charge in [0.25, 0.3) is 0 Å². The normalized spacial score (nSPS) is 12.4. The van der Waals surface area contributed by atoms with Gasteiger partial charge in [0.1, 0.15) is 40.6 Å². The van der Waals surface area contributed by atoms with Crippen LogP contribution >= 0.6 is 11.3 Å². The minimum absolute atomic E-state index is 0.153. The van der Waals surface area contributed by atoms with Crippen molar-refractivity contribution >= 4 is 63.0 Å². The summed E-state index contributed by atoms with van der Waals surface area (Å²) in [5, 5.41) is 73.7. The van der Waals surface area contributed by atoms with E-state index in [4.69, 9.17) is 40.7 Å². The third kappa shape index (κ3) is 10.4. The molecule has 0 fully saturated rings. The minimum Gasteiger partial charge on any atom is -0.338 e. The average molecular weight is 1030 g/mol. The lowest BCUT2D eigenvalue weighted by atomic mass is 9.89. The Hall–Kier alpha value is -7.97. The van der Waals surface area contributed by atoms with Crippen LogP contribution in [0.4, 0.5) is 46.0 Å². The van der Waals surface area contributed by atoms with Crippen molar-refractivity contribution in [2.75, 3.05) is 16.8 Å². The second-order valence-corrected chi connectivity index (χ2v) is 23.5. The molecular formula is C55H67N19S. The Bertz CT molecular complexity index is 3600. The standard InChI is InChI=1S/C55H67N19S/c1-19-20-21-71(43-34(7)24-30(3)25-35(43)8)39-26-33(6)41(47(59-39)60-40-31(4)22-29(2)23-32(40)5)61-63-48-37(27-56)44(53(10,11)12)68-72(48)51-65-66-52(75-51)73-49(38(28-57)45(69-73)54(13,14)15)64-62-42-46(55(16,17)18)70-74-50(42)58-36(9)67-74/h22-26H,19-21H2,1-18H3,(H,58,67)(H,59,60)/b63-61?,64-62+. The number of aromatic amines is 1. The van der Waals surface area contributed by atoms with Gasteiger partial charge in [0.05, 0.1) is 17.1 Å². The number of rotatable bonds is 13. The Balaban J connectivity index is 1.30. The molecule has 8 aromatic rings. The lowest BCUT2D eigenvalue weighted by molar-refractivity contribution is 0.556. The van der Waals surface area contributed by atoms with Crippen molar-refractivity contribution < 1.29 is 0 Å². The fourth-order valence-corrected chi connectivity index (χ4v) is 10.1. The highest BCUT2D eigenvalue weighted by Gasteiger charge is 2.33. The van der Waals surface area contributed by atoms with Crippen molar-refractivity contribution in [2.45, 2.75) is 154 Å². The van der Waals surface area contributed by atoms with Crippen LogP contribution in [0.15, 0.2) is 50.8 Å². The van der Waals surface area contributed by atoms with Gasteiger partial charge in [-0.1, -0.05) is 122 Å². The van der Waals surface area contributed by atoms with Gasteiger partial charge in [-0.15, -0.1) is 40.4 Å². The summed E-state index contributed by atoms with van der Waals surface area (Å²) < 4.78 is 4.49. The number of nitrogens with zero attached hydrogens (tertiary/aromatic N) is 17. The van der Waals surface area contributed by atoms with E-state index in [9.17, 15) is 10.5 Å². The van der Waals surface area contributed by atoms with Crippen LogP contribution in [0, 0.1) is 78.1 Å². The number of anilines is 4. The topological polar surface area (TPSA) is 233 Å². The first-order chi connectivity index (χ1) is 35.2. The van der Waals surface area contributed by atoms with Gasteiger partial charge in [-0.25, -0.2) is 4.98 Å². The van der Waals surface area contributed by atoms with Crippen molar-refractivity contribution in [1.29, 1.82) is 10.5 Å². The van der Waals surface area contributed by atoms with Gasteiger partial charge in [0.2, 0.25) is 10.3 Å². The third-order valence-electron chi connectivity index (χ3n) is 12.7. The molecule has 0 aliphatic rings. The Morgan fingerprint density at radius 3 is 1.60 bits per heavy atom. The number of unbranched alkanes of at least 4 members (excludes halogenated alkanes) is 1. The quantitative estimate of drug-likeness (QED) is 0.103. The molecule has 0 bridgehead atoms. The van der Waals surface area contributed by atoms with Crippen LogP contribution in [0.3, 0.4) is 0 Å². The maximum atomic E-state index is 10.9. The Morgan fingerprint density at radius 2 is 1.12 bits per heavy atom. The summed E-state index contributed by atoms with van der Waals surface area (Å²) in [6.07, 6.45) is 1.97. The maximum Gasteiger partial charge on any atom is 0.236 e. The third-order valence-corrected chi connectivity index (χ3v) is 13.6. The molecule has 388 valence electrons. The van der Waals surface area contributed by atoms with E-state index in [1.807, 2.05) is 76.2 Å². The number of nitrogens with one attached hydrogen (secondary N) is 2. The van der Waals surface area contributed by atoms with Crippen LogP contribution in [0.1, 0.15) is 155 Å². The van der Waals surface area contributed by atoms with E-state index in [2.05, 4.69) is 121 Å². The number of azo groups is 2. The first-order valence-corrected chi connectivity index (χ1v) is 26.0. The van der Waals surface area contributed by atoms with E-state index in [1.165, 1.54) is 30.7 Å². The van der Waals surface area contributed by atoms with Crippen molar-refractivity contribution in [3.63, 3.8) is 0 Å². The summed E-state index contributed by atoms with van der Waals surface area (Å²) >= 11 is 1.13. The molecule has 6 aromatic heterocycles. The number of pyridine rings is 1. The molecule has 75 heavy (non-hydrogen) atoms. The molecule has 6 heterocycles. The lowest BCUT2D eigenvalue weighted by Gasteiger charge is -2.29. The Morgan fingerprint density at radius 1 is 0.627 bits per heavy atom. The number of hydrogen-bond donors (Lipinski definition) is 2. The fourth-order valence-electron chi connectivity index (χ4n) is 9.37. The van der Waals surface area contributed by atoms with Crippen molar-refractivity contribution in [3.05, 3.63) is 103 Å². The van der Waals surface area contributed by atoms with Gasteiger partial charge in [-0.3, -0.25) is 0 Å². The van der Waals surface area contributed by atoms with Crippen LogP contribution in [0.25, 0.3) is 15.9 Å². The van der Waals surface area contributed by atoms with Crippen molar-refractivity contribution in [3.8, 4) is 22.4 Å². The van der Waals surface area contributed by atoms with E-state index in [1.54, 1.807) is 0 Å². The second kappa shape index (κ2) is 20.0. The summed E-state index contributed by atoms with van der Waals surface area (Å²) in [6.45, 7) is 37.4. The highest BCUT2D eigenvalue weighted by atomic mass is 32.1. The predicted octanol–water partition coefficient (Wildman–Crippen LogP) is 14.3. The number of benzene rings is 2. The molecular weight excluding hydrogens is 959 g/mol. The van der Waals surface area contributed by atoms with Crippen LogP contribution in [0.2, 0.25) is 0 Å². The Kier molecular flexibility index (Phi) is 14.3. The smallest absolute Gasteiger partial charge is 0.236 e. The number of H-pyrrole nitrogens is 1. The molecule has 0 radical (unpaired) electrons. The second-order valence-electron chi connectivity index (χ2n) is 22.6. The first kappa shape index (κ1) is 53.3. The molecule has 0 saturated carbocycles. The zero-order valence-electron chi connectivity index (χ0n) is 46.5. The SMILES string of the molecule is CCCCN(c1cc(C)c(N=Nc2c(C#N)c(C(C)(C)C)nn2-c2nnc(-n3nc(C(C)(C)C)c(C#N)c3/N=N/c3c(C(C)(C)C)nn4nc(C)[nH]c34)s2)c(Nc2c(C)cc(C)cc2C)n1)c1c(C)cc(C)cc1C. The zero-order chi connectivity index (χ0) is 54.6. The molecule has 0 aliphatic carbocycles. The number of aromatic nitrogens is 11. The Labute approximate surface area is 442 Å². The number of fused-ring (bicyclic) bond motifs is 1. The number of nitriles is 2. The zero-order valence-corrected chi connectivity index (χ0v) is 47.3. The average Bonchev–Trinajstić information content (AvgIpc) is 4.14. The van der Waals surface area contributed by atoms with Crippen LogP contribution in [0.5, 0.6) is 0 Å². The van der Waals surface area contributed by atoms with E-state index < -0.39 is 16.2 Å². The first-order valence-electron chi connectivity index (χ1n) is 25.2. The van der Waals surface area contributed by atoms with Gasteiger partial charge < -0.3 is 15.2 Å². The molecule has 8 rings (SSSR count).